The molecule has 0 fully saturated rings. The average Bonchev–Trinajstić information content (AvgIpc) is 3.14. The first-order chi connectivity index (χ1) is 14.0. The molecule has 0 spiro atoms. The van der Waals surface area contributed by atoms with Crippen molar-refractivity contribution in [3.05, 3.63) is 76.8 Å². The van der Waals surface area contributed by atoms with Gasteiger partial charge in [0.25, 0.3) is 0 Å². The summed E-state index contributed by atoms with van der Waals surface area (Å²) in [6.07, 6.45) is 2.44. The topological polar surface area (TPSA) is 79.8 Å². The van der Waals surface area contributed by atoms with E-state index in [0.717, 1.165) is 28.8 Å². The zero-order valence-corrected chi connectivity index (χ0v) is 16.6. The number of carbonyl (C=O) groups is 1. The van der Waals surface area contributed by atoms with Crippen molar-refractivity contribution < 1.29 is 4.79 Å². The SMILES string of the molecule is CC(C)CC(NC(=O)Cn1ccc(=O)c2ccccc21)c1nc2ccccc2[nH]1. The van der Waals surface area contributed by atoms with Crippen LogP contribution >= 0.6 is 0 Å². The van der Waals surface area contributed by atoms with Crippen LogP contribution in [0, 0.1) is 5.92 Å². The van der Waals surface area contributed by atoms with Crippen LogP contribution in [0.4, 0.5) is 0 Å². The molecule has 2 aromatic carbocycles. The number of nitrogens with zero attached hydrogens (tertiary/aromatic N) is 2. The second-order valence-corrected chi connectivity index (χ2v) is 7.71. The van der Waals surface area contributed by atoms with Crippen molar-refractivity contribution in [1.29, 1.82) is 0 Å². The molecule has 148 valence electrons. The third-order valence-corrected chi connectivity index (χ3v) is 4.98. The summed E-state index contributed by atoms with van der Waals surface area (Å²) in [6, 6.07) is 16.5. The predicted molar refractivity (Wildman–Crippen MR) is 115 cm³/mol. The Morgan fingerprint density at radius 2 is 1.86 bits per heavy atom. The molecule has 0 bridgehead atoms. The van der Waals surface area contributed by atoms with Crippen LogP contribution in [0.5, 0.6) is 0 Å². The number of benzene rings is 2. The Bertz CT molecular complexity index is 1190. The Kier molecular flexibility index (Phi) is 5.16. The van der Waals surface area contributed by atoms with E-state index in [0.29, 0.717) is 11.3 Å². The molecule has 0 aliphatic rings. The van der Waals surface area contributed by atoms with Gasteiger partial charge in [-0.3, -0.25) is 9.59 Å². The van der Waals surface area contributed by atoms with Crippen molar-refractivity contribution in [3.8, 4) is 0 Å². The number of H-pyrrole nitrogens is 1. The van der Waals surface area contributed by atoms with Gasteiger partial charge in [-0.05, 0) is 36.6 Å². The van der Waals surface area contributed by atoms with E-state index in [1.807, 2.05) is 42.5 Å². The van der Waals surface area contributed by atoms with Crippen molar-refractivity contribution in [2.75, 3.05) is 0 Å². The first-order valence-corrected chi connectivity index (χ1v) is 9.83. The molecule has 4 rings (SSSR count). The van der Waals surface area contributed by atoms with Crippen molar-refractivity contribution >= 4 is 27.8 Å². The first-order valence-electron chi connectivity index (χ1n) is 9.83. The van der Waals surface area contributed by atoms with Crippen LogP contribution in [0.3, 0.4) is 0 Å². The number of para-hydroxylation sites is 3. The second-order valence-electron chi connectivity index (χ2n) is 7.71. The lowest BCUT2D eigenvalue weighted by molar-refractivity contribution is -0.122. The summed E-state index contributed by atoms with van der Waals surface area (Å²) in [5, 5.41) is 3.73. The summed E-state index contributed by atoms with van der Waals surface area (Å²) in [4.78, 5) is 32.9. The van der Waals surface area contributed by atoms with E-state index in [-0.39, 0.29) is 23.9 Å². The predicted octanol–water partition coefficient (Wildman–Crippen LogP) is 3.78. The number of carbonyl (C=O) groups excluding carboxylic acids is 1. The molecule has 0 radical (unpaired) electrons. The maximum atomic E-state index is 12.9. The summed E-state index contributed by atoms with van der Waals surface area (Å²) in [6.45, 7) is 4.38. The van der Waals surface area contributed by atoms with E-state index < -0.39 is 0 Å². The number of hydrogen-bond acceptors (Lipinski definition) is 3. The molecular weight excluding hydrogens is 364 g/mol. The highest BCUT2D eigenvalue weighted by atomic mass is 16.2. The Morgan fingerprint density at radius 3 is 2.66 bits per heavy atom. The number of fused-ring (bicyclic) bond motifs is 2. The largest absolute Gasteiger partial charge is 0.345 e. The number of rotatable bonds is 6. The lowest BCUT2D eigenvalue weighted by Crippen LogP contribution is -2.33. The Morgan fingerprint density at radius 1 is 1.10 bits per heavy atom. The van der Waals surface area contributed by atoms with Gasteiger partial charge in [0.1, 0.15) is 12.4 Å². The number of aromatic amines is 1. The van der Waals surface area contributed by atoms with E-state index in [4.69, 9.17) is 0 Å². The fourth-order valence-electron chi connectivity index (χ4n) is 3.64. The second kappa shape index (κ2) is 7.91. The summed E-state index contributed by atoms with van der Waals surface area (Å²) in [7, 11) is 0. The third kappa shape index (κ3) is 4.06. The molecule has 2 aromatic heterocycles. The molecule has 1 atom stereocenters. The van der Waals surface area contributed by atoms with Gasteiger partial charge in [-0.25, -0.2) is 4.98 Å². The van der Waals surface area contributed by atoms with Crippen molar-refractivity contribution in [2.24, 2.45) is 5.92 Å². The first kappa shape index (κ1) is 18.9. The molecule has 0 saturated carbocycles. The highest BCUT2D eigenvalue weighted by Gasteiger charge is 2.20. The third-order valence-electron chi connectivity index (χ3n) is 4.98. The number of amides is 1. The normalized spacial score (nSPS) is 12.5. The lowest BCUT2D eigenvalue weighted by atomic mass is 10.0. The fourth-order valence-corrected chi connectivity index (χ4v) is 3.64. The van der Waals surface area contributed by atoms with Crippen molar-refractivity contribution in [1.82, 2.24) is 19.9 Å². The van der Waals surface area contributed by atoms with Gasteiger partial charge in [0.2, 0.25) is 5.91 Å². The van der Waals surface area contributed by atoms with Gasteiger partial charge in [0.05, 0.1) is 22.6 Å². The van der Waals surface area contributed by atoms with E-state index in [2.05, 4.69) is 29.1 Å². The number of pyridine rings is 1. The van der Waals surface area contributed by atoms with Crippen LogP contribution in [0.15, 0.2) is 65.6 Å². The summed E-state index contributed by atoms with van der Waals surface area (Å²) < 4.78 is 1.80. The summed E-state index contributed by atoms with van der Waals surface area (Å²) >= 11 is 0. The zero-order chi connectivity index (χ0) is 20.4. The molecule has 6 nitrogen and oxygen atoms in total. The fraction of sp³-hybridized carbons (Fsp3) is 0.261. The molecule has 0 aliphatic carbocycles. The Hall–Kier alpha value is -3.41. The molecule has 0 aliphatic heterocycles. The Labute approximate surface area is 168 Å². The molecule has 0 saturated heterocycles. The maximum Gasteiger partial charge on any atom is 0.240 e. The van der Waals surface area contributed by atoms with Crippen LogP contribution in [0.1, 0.15) is 32.1 Å². The summed E-state index contributed by atoms with van der Waals surface area (Å²) in [5.74, 6) is 1.03. The monoisotopic (exact) mass is 388 g/mol. The average molecular weight is 388 g/mol. The van der Waals surface area contributed by atoms with E-state index in [9.17, 15) is 9.59 Å². The quantitative estimate of drug-likeness (QED) is 0.527. The zero-order valence-electron chi connectivity index (χ0n) is 16.6. The lowest BCUT2D eigenvalue weighted by Gasteiger charge is -2.19. The molecule has 6 heteroatoms. The molecule has 1 unspecified atom stereocenters. The van der Waals surface area contributed by atoms with Crippen LogP contribution < -0.4 is 10.7 Å². The molecule has 4 aromatic rings. The van der Waals surface area contributed by atoms with E-state index in [1.54, 1.807) is 16.8 Å². The minimum absolute atomic E-state index is 0.0442. The minimum atomic E-state index is -0.208. The smallest absolute Gasteiger partial charge is 0.240 e. The minimum Gasteiger partial charge on any atom is -0.345 e. The van der Waals surface area contributed by atoms with Gasteiger partial charge in [-0.1, -0.05) is 38.1 Å². The standard InChI is InChI=1S/C23H24N4O2/c1-15(2)13-19(23-25-17-8-4-5-9-18(17)26-23)24-22(29)14-27-12-11-21(28)16-7-3-6-10-20(16)27/h3-12,15,19H,13-14H2,1-2H3,(H,24,29)(H,25,26). The van der Waals surface area contributed by atoms with E-state index >= 15 is 0 Å². The van der Waals surface area contributed by atoms with Gasteiger partial charge in [-0.2, -0.15) is 0 Å². The number of hydrogen-bond donors (Lipinski definition) is 2. The number of imidazole rings is 1. The highest BCUT2D eigenvalue weighted by molar-refractivity contribution is 5.82. The van der Waals surface area contributed by atoms with Crippen molar-refractivity contribution in [3.63, 3.8) is 0 Å². The highest BCUT2D eigenvalue weighted by Crippen LogP contribution is 2.22. The van der Waals surface area contributed by atoms with Gasteiger partial charge in [-0.15, -0.1) is 0 Å². The van der Waals surface area contributed by atoms with Crippen molar-refractivity contribution in [2.45, 2.75) is 32.9 Å². The number of aromatic nitrogens is 3. The van der Waals surface area contributed by atoms with Gasteiger partial charge >= 0.3 is 0 Å². The Balaban J connectivity index is 1.59. The molecule has 29 heavy (non-hydrogen) atoms. The van der Waals surface area contributed by atoms with Crippen LogP contribution in [0.25, 0.3) is 21.9 Å². The van der Waals surface area contributed by atoms with Crippen LogP contribution in [0.2, 0.25) is 0 Å². The number of nitrogens with one attached hydrogen (secondary N) is 2. The van der Waals surface area contributed by atoms with Gasteiger partial charge in [0.15, 0.2) is 5.43 Å². The maximum absolute atomic E-state index is 12.9. The molecule has 2 heterocycles. The molecule has 1 amide bonds. The molecule has 2 N–H and O–H groups in total. The van der Waals surface area contributed by atoms with Crippen LogP contribution in [-0.2, 0) is 11.3 Å². The van der Waals surface area contributed by atoms with Gasteiger partial charge < -0.3 is 14.9 Å². The van der Waals surface area contributed by atoms with E-state index in [1.165, 1.54) is 6.07 Å². The molecular formula is C23H24N4O2. The summed E-state index contributed by atoms with van der Waals surface area (Å²) in [5.41, 5.74) is 2.55. The van der Waals surface area contributed by atoms with Crippen LogP contribution in [-0.4, -0.2) is 20.4 Å². The van der Waals surface area contributed by atoms with Gasteiger partial charge in [0, 0.05) is 17.6 Å².